The van der Waals surface area contributed by atoms with Gasteiger partial charge in [0.25, 0.3) is 7.23 Å². The Labute approximate surface area is 32.1 Å². The molecule has 0 bridgehead atoms. The van der Waals surface area contributed by atoms with Crippen LogP contribution in [0.25, 0.3) is 0 Å². The molecular formula is H4NO2PSi. The standard InChI is InChI=1S/H4NO2PSi/c1-5-4(2)3/h1,5H2. The van der Waals surface area contributed by atoms with Gasteiger partial charge in [-0.25, -0.2) is 9.13 Å². The summed E-state index contributed by atoms with van der Waals surface area (Å²) in [6.45, 7) is 0. The van der Waals surface area contributed by atoms with Crippen molar-refractivity contribution in [1.29, 1.82) is 0 Å². The molecule has 30 valence electrons. The lowest BCUT2D eigenvalue weighted by Gasteiger charge is -1.54. The Morgan fingerprint density at radius 1 is 1.60 bits per heavy atom. The molecule has 0 aromatic heterocycles. The van der Waals surface area contributed by atoms with Crippen molar-refractivity contribution in [2.45, 2.75) is 0 Å². The summed E-state index contributed by atoms with van der Waals surface area (Å²) in [6.07, 6.45) is 0. The molecule has 0 spiro atoms. The van der Waals surface area contributed by atoms with Crippen molar-refractivity contribution in [3.8, 4) is 0 Å². The van der Waals surface area contributed by atoms with Crippen LogP contribution in [0.2, 0.25) is 0 Å². The summed E-state index contributed by atoms with van der Waals surface area (Å²) in [6, 6.07) is 0. The minimum absolute atomic E-state index is 1.20. The van der Waals surface area contributed by atoms with Crippen molar-refractivity contribution in [3.63, 3.8) is 0 Å². The maximum Gasteiger partial charge on any atom is 0.287 e. The summed E-state index contributed by atoms with van der Waals surface area (Å²) < 4.78 is 18.7. The van der Waals surface area contributed by atoms with Crippen LogP contribution in [-0.4, -0.2) is 9.35 Å². The van der Waals surface area contributed by atoms with E-state index >= 15 is 0 Å². The molecule has 0 aliphatic rings. The fourth-order valence-electron chi connectivity index (χ4n) is 0. The fraction of sp³-hybridized carbons (Fsp3) is 0. The maximum absolute atomic E-state index is 9.34. The summed E-state index contributed by atoms with van der Waals surface area (Å²) in [5.41, 5.74) is 0. The van der Waals surface area contributed by atoms with Gasteiger partial charge in [0.05, 0.1) is 0 Å². The van der Waals surface area contributed by atoms with E-state index in [0.717, 1.165) is 0 Å². The van der Waals surface area contributed by atoms with Crippen molar-refractivity contribution in [1.82, 2.24) is 0 Å². The highest BCUT2D eigenvalue weighted by atomic mass is 31.4. The molecule has 0 saturated carbocycles. The molecule has 0 fully saturated rings. The number of nitrogens with two attached hydrogens (primary N) is 1. The van der Waals surface area contributed by atoms with Gasteiger partial charge in [0.2, 0.25) is 9.35 Å². The van der Waals surface area contributed by atoms with Gasteiger partial charge >= 0.3 is 0 Å². The van der Waals surface area contributed by atoms with E-state index in [1.165, 1.54) is 0 Å². The van der Waals surface area contributed by atoms with Crippen molar-refractivity contribution in [2.24, 2.45) is 5.40 Å². The van der Waals surface area contributed by atoms with Crippen LogP contribution in [-0.2, 0) is 9.13 Å². The van der Waals surface area contributed by atoms with Crippen LogP contribution in [0.4, 0.5) is 0 Å². The van der Waals surface area contributed by atoms with Gasteiger partial charge in [-0.2, -0.15) is 0 Å². The van der Waals surface area contributed by atoms with Gasteiger partial charge in [0.1, 0.15) is 0 Å². The summed E-state index contributed by atoms with van der Waals surface area (Å²) in [5.74, 6) is 0. The van der Waals surface area contributed by atoms with Gasteiger partial charge in [-0.15, -0.1) is 0 Å². The summed E-state index contributed by atoms with van der Waals surface area (Å²) in [7, 11) is -3.38. The highest BCUT2D eigenvalue weighted by Gasteiger charge is 1.76. The van der Waals surface area contributed by atoms with Gasteiger partial charge in [0.15, 0.2) is 0 Å². The van der Waals surface area contributed by atoms with Gasteiger partial charge in [-0.1, -0.05) is 0 Å². The third-order valence-corrected chi connectivity index (χ3v) is 1.34. The molecule has 0 rings (SSSR count). The SMILES string of the molecule is N[SiH2]P(=O)=O. The van der Waals surface area contributed by atoms with Crippen LogP contribution in [0, 0.1) is 0 Å². The number of hydrogen-bond donors (Lipinski definition) is 1. The highest BCUT2D eigenvalue weighted by molar-refractivity contribution is 7.65. The van der Waals surface area contributed by atoms with Crippen molar-refractivity contribution in [2.75, 3.05) is 0 Å². The number of rotatable bonds is 1. The molecule has 0 aromatic carbocycles. The smallest absolute Gasteiger partial charge is 0.287 e. The number of hydrogen-bond acceptors (Lipinski definition) is 3. The Balaban J connectivity index is 3.23. The van der Waals surface area contributed by atoms with Gasteiger partial charge in [-0.3, -0.25) is 0 Å². The van der Waals surface area contributed by atoms with E-state index in [9.17, 15) is 9.13 Å². The molecule has 0 heterocycles. The van der Waals surface area contributed by atoms with Crippen LogP contribution in [0.5, 0.6) is 0 Å². The minimum Gasteiger partial charge on any atom is -0.344 e. The Kier molecular flexibility index (Phi) is 2.36. The summed E-state index contributed by atoms with van der Waals surface area (Å²) >= 11 is 0. The normalized spacial score (nSPS) is 9.80. The summed E-state index contributed by atoms with van der Waals surface area (Å²) in [4.78, 5) is 0. The van der Waals surface area contributed by atoms with E-state index in [2.05, 4.69) is 0 Å². The van der Waals surface area contributed by atoms with E-state index in [1.54, 1.807) is 0 Å². The molecule has 0 unspecified atom stereocenters. The molecule has 0 radical (unpaired) electrons. The fourth-order valence-corrected chi connectivity index (χ4v) is 0. The second kappa shape index (κ2) is 2.32. The Morgan fingerprint density at radius 3 is 1.80 bits per heavy atom. The van der Waals surface area contributed by atoms with Crippen LogP contribution < -0.4 is 5.40 Å². The minimum atomic E-state index is -2.18. The summed E-state index contributed by atoms with van der Waals surface area (Å²) in [5, 5.41) is 4.71. The molecule has 5 heteroatoms. The first kappa shape index (κ1) is 5.08. The molecule has 0 aliphatic heterocycles. The zero-order valence-electron chi connectivity index (χ0n) is 2.55. The van der Waals surface area contributed by atoms with E-state index in [1.807, 2.05) is 0 Å². The van der Waals surface area contributed by atoms with Gasteiger partial charge in [0, 0.05) is 0 Å². The molecule has 3 nitrogen and oxygen atoms in total. The Hall–Kier alpha value is 0.0769. The molecule has 0 saturated heterocycles. The predicted molar refractivity (Wildman–Crippen MR) is 21.0 cm³/mol. The highest BCUT2D eigenvalue weighted by Crippen LogP contribution is 1.88. The second-order valence-electron chi connectivity index (χ2n) is 0.515. The molecular weight excluding hydrogens is 105 g/mol. The quantitative estimate of drug-likeness (QED) is 0.351. The van der Waals surface area contributed by atoms with Crippen LogP contribution in [0.1, 0.15) is 0 Å². The van der Waals surface area contributed by atoms with Crippen molar-refractivity contribution >= 4 is 16.6 Å². The van der Waals surface area contributed by atoms with Crippen LogP contribution in [0.15, 0.2) is 0 Å². The maximum atomic E-state index is 9.34. The zero-order chi connectivity index (χ0) is 4.28. The molecule has 0 amide bonds. The van der Waals surface area contributed by atoms with Crippen molar-refractivity contribution in [3.05, 3.63) is 0 Å². The first-order valence-corrected chi connectivity index (χ1v) is 5.17. The lowest BCUT2D eigenvalue weighted by molar-refractivity contribution is 0.526. The predicted octanol–water partition coefficient (Wildman–Crippen LogP) is -0.883. The molecule has 2 N–H and O–H groups in total. The molecule has 0 aromatic rings. The Morgan fingerprint density at radius 2 is 1.80 bits per heavy atom. The molecule has 0 aliphatic carbocycles. The van der Waals surface area contributed by atoms with Crippen LogP contribution >= 0.6 is 7.23 Å². The third kappa shape index (κ3) is 4.08. The van der Waals surface area contributed by atoms with E-state index in [0.29, 0.717) is 0 Å². The third-order valence-electron chi connectivity index (χ3n) is 0.149. The van der Waals surface area contributed by atoms with Gasteiger partial charge in [-0.05, 0) is 0 Å². The van der Waals surface area contributed by atoms with Crippen LogP contribution in [0.3, 0.4) is 0 Å². The first-order chi connectivity index (χ1) is 2.27. The largest absolute Gasteiger partial charge is 0.344 e. The Bertz CT molecular complexity index is 67.7. The van der Waals surface area contributed by atoms with E-state index in [-0.39, 0.29) is 0 Å². The average molecular weight is 109 g/mol. The first-order valence-electron chi connectivity index (χ1n) is 1.09. The average Bonchev–Trinajstić information content (AvgIpc) is 1.38. The van der Waals surface area contributed by atoms with Crippen molar-refractivity contribution < 1.29 is 9.13 Å². The van der Waals surface area contributed by atoms with E-state index < -0.39 is 16.6 Å². The monoisotopic (exact) mass is 109 g/mol. The molecule has 0 atom stereocenters. The van der Waals surface area contributed by atoms with Gasteiger partial charge < -0.3 is 5.40 Å². The topological polar surface area (TPSA) is 60.2 Å². The molecule has 5 heavy (non-hydrogen) atoms. The zero-order valence-corrected chi connectivity index (χ0v) is 4.86. The van der Waals surface area contributed by atoms with E-state index in [4.69, 9.17) is 5.40 Å². The lowest BCUT2D eigenvalue weighted by Crippen LogP contribution is -1.93. The lowest BCUT2D eigenvalue weighted by atomic mass is 13.9. The second-order valence-corrected chi connectivity index (χ2v) is 4.19.